The van der Waals surface area contributed by atoms with Gasteiger partial charge in [0.2, 0.25) is 5.82 Å². The van der Waals surface area contributed by atoms with Crippen molar-refractivity contribution >= 4 is 42.3 Å². The molecule has 0 atom stereocenters. The Morgan fingerprint density at radius 3 is 2.46 bits per heavy atom. The van der Waals surface area contributed by atoms with Gasteiger partial charge in [-0.05, 0) is 34.9 Å². The Bertz CT molecular complexity index is 1340. The Morgan fingerprint density at radius 2 is 1.89 bits per heavy atom. The molecule has 14 heteroatoms. The van der Waals surface area contributed by atoms with E-state index in [-0.39, 0.29) is 22.2 Å². The fourth-order valence-corrected chi connectivity index (χ4v) is 3.68. The summed E-state index contributed by atoms with van der Waals surface area (Å²) < 4.78 is 64.7. The van der Waals surface area contributed by atoms with Crippen LogP contribution in [0.25, 0.3) is 16.3 Å². The number of nitriles is 1. The predicted octanol–water partition coefficient (Wildman–Crippen LogP) is 0.823. The maximum absolute atomic E-state index is 11.7. The molecule has 2 aromatic carbocycles. The van der Waals surface area contributed by atoms with E-state index in [0.717, 1.165) is 6.07 Å². The van der Waals surface area contributed by atoms with Crippen molar-refractivity contribution in [2.24, 2.45) is 0 Å². The Labute approximate surface area is 158 Å². The lowest BCUT2D eigenvalue weighted by molar-refractivity contribution is 0.482. The molecule has 3 rings (SSSR count). The number of H-pyrrole nitrogens is 1. The molecule has 144 valence electrons. The number of aromatic amines is 1. The van der Waals surface area contributed by atoms with Crippen LogP contribution in [0.1, 0.15) is 5.82 Å². The van der Waals surface area contributed by atoms with E-state index in [9.17, 15) is 25.9 Å². The normalized spacial score (nSPS) is 12.7. The first kappa shape index (κ1) is 19.4. The van der Waals surface area contributed by atoms with E-state index in [0.29, 0.717) is 11.8 Å². The van der Waals surface area contributed by atoms with Crippen molar-refractivity contribution < 1.29 is 25.9 Å². The smallest absolute Gasteiger partial charge is 0.295 e. The van der Waals surface area contributed by atoms with Gasteiger partial charge in [0, 0.05) is 17.3 Å². The molecule has 0 radical (unpaired) electrons. The second-order valence-corrected chi connectivity index (χ2v) is 8.17. The van der Waals surface area contributed by atoms with Crippen LogP contribution in [-0.4, -0.2) is 46.6 Å². The molecule has 0 amide bonds. The van der Waals surface area contributed by atoms with E-state index >= 15 is 0 Å². The van der Waals surface area contributed by atoms with Crippen LogP contribution < -0.4 is 5.32 Å². The molecule has 0 saturated carbocycles. The Hall–Kier alpha value is -3.38. The molecule has 0 unspecified atom stereocenters. The van der Waals surface area contributed by atoms with Gasteiger partial charge in [-0.3, -0.25) is 9.11 Å². The largest absolute Gasteiger partial charge is 0.360 e. The van der Waals surface area contributed by atoms with Gasteiger partial charge in [-0.15, -0.1) is 10.2 Å². The molecule has 0 aliphatic heterocycles. The number of fused-ring (bicyclic) bond motifs is 1. The number of benzene rings is 2. The van der Waals surface area contributed by atoms with Crippen molar-refractivity contribution in [3.8, 4) is 6.07 Å². The quantitative estimate of drug-likeness (QED) is 0.335. The van der Waals surface area contributed by atoms with Gasteiger partial charge in [0.05, 0.1) is 4.90 Å². The Morgan fingerprint density at radius 1 is 1.14 bits per heavy atom. The maximum Gasteiger partial charge on any atom is 0.295 e. The number of hydrogen-bond acceptors (Lipinski definition) is 9. The second kappa shape index (κ2) is 6.98. The highest BCUT2D eigenvalue weighted by molar-refractivity contribution is 7.86. The molecule has 0 saturated heterocycles. The predicted molar refractivity (Wildman–Crippen MR) is 95.0 cm³/mol. The first-order chi connectivity index (χ1) is 13.1. The molecule has 4 N–H and O–H groups in total. The van der Waals surface area contributed by atoms with Gasteiger partial charge in [0.25, 0.3) is 20.2 Å². The second-order valence-electron chi connectivity index (χ2n) is 5.36. The molecule has 1 aromatic heterocycles. The molecule has 3 aromatic rings. The minimum absolute atomic E-state index is 0.00799. The number of nitrogens with one attached hydrogen (secondary N) is 2. The van der Waals surface area contributed by atoms with Crippen molar-refractivity contribution in [2.45, 2.75) is 9.79 Å². The lowest BCUT2D eigenvalue weighted by Crippen LogP contribution is -2.04. The zero-order valence-electron chi connectivity index (χ0n) is 13.6. The maximum atomic E-state index is 11.7. The number of rotatable bonds is 5. The van der Waals surface area contributed by atoms with E-state index in [1.54, 1.807) is 0 Å². The minimum atomic E-state index is -4.80. The Kier molecular flexibility index (Phi) is 4.83. The number of aromatic nitrogens is 4. The summed E-state index contributed by atoms with van der Waals surface area (Å²) in [5, 5.41) is 24.9. The lowest BCUT2D eigenvalue weighted by Gasteiger charge is -2.09. The first-order valence-corrected chi connectivity index (χ1v) is 10.1. The fourth-order valence-electron chi connectivity index (χ4n) is 2.33. The van der Waals surface area contributed by atoms with Crippen LogP contribution in [0.5, 0.6) is 0 Å². The number of allylic oxidation sites excluding steroid dienone is 1. The van der Waals surface area contributed by atoms with Crippen LogP contribution in [0.4, 0.5) is 5.69 Å². The van der Waals surface area contributed by atoms with Crippen LogP contribution in [0.2, 0.25) is 0 Å². The van der Waals surface area contributed by atoms with Gasteiger partial charge >= 0.3 is 0 Å². The molecule has 0 spiro atoms. The van der Waals surface area contributed by atoms with Crippen molar-refractivity contribution in [3.63, 3.8) is 0 Å². The molecule has 0 aliphatic rings. The van der Waals surface area contributed by atoms with E-state index in [2.05, 4.69) is 25.9 Å². The van der Waals surface area contributed by atoms with Gasteiger partial charge in [-0.2, -0.15) is 27.3 Å². The molecular formula is C14H10N6O6S2. The molecule has 0 bridgehead atoms. The van der Waals surface area contributed by atoms with Gasteiger partial charge < -0.3 is 5.32 Å². The van der Waals surface area contributed by atoms with Gasteiger partial charge in [0.15, 0.2) is 0 Å². The molecule has 0 fully saturated rings. The lowest BCUT2D eigenvalue weighted by atomic mass is 10.1. The van der Waals surface area contributed by atoms with Gasteiger partial charge in [0.1, 0.15) is 16.5 Å². The number of nitrogens with zero attached hydrogens (tertiary/aromatic N) is 4. The van der Waals surface area contributed by atoms with Crippen molar-refractivity contribution in [1.82, 2.24) is 20.6 Å². The van der Waals surface area contributed by atoms with E-state index < -0.39 is 30.0 Å². The van der Waals surface area contributed by atoms with Crippen molar-refractivity contribution in [3.05, 3.63) is 42.4 Å². The highest BCUT2D eigenvalue weighted by Gasteiger charge is 2.20. The minimum Gasteiger partial charge on any atom is -0.360 e. The average molecular weight is 422 g/mol. The summed E-state index contributed by atoms with van der Waals surface area (Å²) in [6.07, 6.45) is 1.26. The fraction of sp³-hybridized carbons (Fsp3) is 0. The van der Waals surface area contributed by atoms with Crippen LogP contribution in [0, 0.1) is 11.3 Å². The zero-order chi connectivity index (χ0) is 20.5. The summed E-state index contributed by atoms with van der Waals surface area (Å²) in [6.45, 7) is 0. The van der Waals surface area contributed by atoms with E-state index in [1.165, 1.54) is 24.4 Å². The van der Waals surface area contributed by atoms with E-state index in [4.69, 9.17) is 5.26 Å². The first-order valence-electron chi connectivity index (χ1n) is 7.23. The molecule has 1 heterocycles. The monoisotopic (exact) mass is 422 g/mol. The molecule has 28 heavy (non-hydrogen) atoms. The number of anilines is 1. The van der Waals surface area contributed by atoms with Crippen LogP contribution in [0.3, 0.4) is 0 Å². The van der Waals surface area contributed by atoms with E-state index in [1.807, 2.05) is 6.07 Å². The summed E-state index contributed by atoms with van der Waals surface area (Å²) in [5.74, 6) is 0.0345. The van der Waals surface area contributed by atoms with Gasteiger partial charge in [-0.1, -0.05) is 6.07 Å². The van der Waals surface area contributed by atoms with Crippen LogP contribution in [-0.2, 0) is 20.2 Å². The third-order valence-corrected chi connectivity index (χ3v) is 5.28. The third kappa shape index (κ3) is 3.97. The SMILES string of the molecule is N#CC(=CNc1ccc2cc(S(=O)(=O)O)cc(S(=O)(=O)O)c2c1)c1nn[nH]n1. The molecular weight excluding hydrogens is 412 g/mol. The zero-order valence-corrected chi connectivity index (χ0v) is 15.2. The standard InChI is InChI=1S/C14H10N6O6S2/c15-6-9(14-17-19-20-18-14)7-16-10-2-1-8-3-11(27(21,22)23)5-13(12(8)4-10)28(24,25)26/h1-5,7,16H,(H,21,22,23)(H,24,25,26)(H,17,18,19,20). The topological polar surface area (TPSA) is 199 Å². The van der Waals surface area contributed by atoms with Gasteiger partial charge in [-0.25, -0.2) is 0 Å². The Balaban J connectivity index is 2.12. The third-order valence-electron chi connectivity index (χ3n) is 3.56. The number of hydrogen-bond donors (Lipinski definition) is 4. The highest BCUT2D eigenvalue weighted by atomic mass is 32.2. The summed E-state index contributed by atoms with van der Waals surface area (Å²) in [7, 11) is -9.50. The van der Waals surface area contributed by atoms with Crippen LogP contribution >= 0.6 is 0 Å². The average Bonchev–Trinajstić information content (AvgIpc) is 3.14. The molecule has 12 nitrogen and oxygen atoms in total. The van der Waals surface area contributed by atoms with Crippen molar-refractivity contribution in [1.29, 1.82) is 5.26 Å². The highest BCUT2D eigenvalue weighted by Crippen LogP contribution is 2.29. The summed E-state index contributed by atoms with van der Waals surface area (Å²) in [4.78, 5) is -1.39. The summed E-state index contributed by atoms with van der Waals surface area (Å²) in [5.41, 5.74) is 0.346. The summed E-state index contributed by atoms with van der Waals surface area (Å²) in [6, 6.07) is 7.70. The van der Waals surface area contributed by atoms with Crippen molar-refractivity contribution in [2.75, 3.05) is 5.32 Å². The van der Waals surface area contributed by atoms with Crippen LogP contribution in [0.15, 0.2) is 46.3 Å². The molecule has 0 aliphatic carbocycles. The number of tetrazole rings is 1. The summed E-state index contributed by atoms with van der Waals surface area (Å²) >= 11 is 0.